The summed E-state index contributed by atoms with van der Waals surface area (Å²) < 4.78 is 26.0. The minimum atomic E-state index is -3.41. The van der Waals surface area contributed by atoms with E-state index < -0.39 is 7.60 Å². The first-order valence-corrected chi connectivity index (χ1v) is 15.2. The van der Waals surface area contributed by atoms with Gasteiger partial charge in [0.1, 0.15) is 11.5 Å². The maximum Gasteiger partial charge on any atom is 0.430 e. The largest absolute Gasteiger partial charge is 0.430 e. The molecule has 0 saturated heterocycles. The first-order chi connectivity index (χ1) is 18.1. The Hall–Kier alpha value is -3.29. The summed E-state index contributed by atoms with van der Waals surface area (Å²) in [5.41, 5.74) is 4.50. The molecule has 0 amide bonds. The van der Waals surface area contributed by atoms with Gasteiger partial charge in [-0.2, -0.15) is 0 Å². The van der Waals surface area contributed by atoms with E-state index in [4.69, 9.17) is 9.05 Å². The molecule has 0 aliphatic rings. The summed E-state index contributed by atoms with van der Waals surface area (Å²) in [4.78, 5) is 0. The maximum atomic E-state index is 13.9. The Morgan fingerprint density at radius 2 is 0.895 bits per heavy atom. The van der Waals surface area contributed by atoms with Crippen LogP contribution in [0.5, 0.6) is 11.5 Å². The summed E-state index contributed by atoms with van der Waals surface area (Å²) in [5.74, 6) is 1.11. The van der Waals surface area contributed by atoms with Gasteiger partial charge in [0.05, 0.1) is 6.16 Å². The van der Waals surface area contributed by atoms with Crippen LogP contribution in [0.4, 0.5) is 0 Å². The second-order valence-electron chi connectivity index (χ2n) is 10.9. The maximum absolute atomic E-state index is 13.9. The molecule has 0 aliphatic heterocycles. The van der Waals surface area contributed by atoms with Gasteiger partial charge in [0.25, 0.3) is 0 Å². The number of rotatable bonds is 11. The fraction of sp³-hybridized carbons (Fsp3) is 0.294. The zero-order chi connectivity index (χ0) is 27.2. The van der Waals surface area contributed by atoms with E-state index in [9.17, 15) is 4.57 Å². The molecule has 4 aromatic carbocycles. The SMILES string of the molecule is CCCCP(=O)(Oc1ccc(C(C)(C)c2ccccc2)cc1)Oc1ccc(C(C)(C)c2ccccc2)cc1. The van der Waals surface area contributed by atoms with Gasteiger partial charge in [-0.3, -0.25) is 0 Å². The lowest BCUT2D eigenvalue weighted by Crippen LogP contribution is -2.18. The van der Waals surface area contributed by atoms with E-state index in [0.29, 0.717) is 17.7 Å². The zero-order valence-electron chi connectivity index (χ0n) is 23.2. The Labute approximate surface area is 228 Å². The van der Waals surface area contributed by atoms with E-state index in [1.165, 1.54) is 11.1 Å². The lowest BCUT2D eigenvalue weighted by molar-refractivity contribution is 0.384. The van der Waals surface area contributed by atoms with Crippen LogP contribution in [0.2, 0.25) is 0 Å². The number of unbranched alkanes of at least 4 members (excludes halogenated alkanes) is 1. The molecule has 4 aromatic rings. The first kappa shape index (κ1) is 27.7. The number of hydrogen-bond donors (Lipinski definition) is 0. The van der Waals surface area contributed by atoms with Crippen molar-refractivity contribution < 1.29 is 13.6 Å². The second-order valence-corrected chi connectivity index (χ2v) is 12.9. The van der Waals surface area contributed by atoms with Crippen LogP contribution in [-0.4, -0.2) is 6.16 Å². The third-order valence-corrected chi connectivity index (χ3v) is 9.26. The smallest absolute Gasteiger partial charge is 0.416 e. The molecular weight excluding hydrogens is 487 g/mol. The highest BCUT2D eigenvalue weighted by Crippen LogP contribution is 2.50. The van der Waals surface area contributed by atoms with E-state index in [1.54, 1.807) is 0 Å². The molecule has 0 aromatic heterocycles. The van der Waals surface area contributed by atoms with Crippen molar-refractivity contribution in [1.82, 2.24) is 0 Å². The van der Waals surface area contributed by atoms with Crippen molar-refractivity contribution in [2.45, 2.75) is 58.3 Å². The van der Waals surface area contributed by atoms with Crippen LogP contribution in [0, 0.1) is 0 Å². The van der Waals surface area contributed by atoms with Crippen molar-refractivity contribution in [3.63, 3.8) is 0 Å². The normalized spacial score (nSPS) is 12.2. The molecule has 0 aliphatic carbocycles. The molecular formula is C34H39O3P. The van der Waals surface area contributed by atoms with Gasteiger partial charge in [-0.1, -0.05) is 126 Å². The highest BCUT2D eigenvalue weighted by molar-refractivity contribution is 7.54. The molecule has 4 rings (SSSR count). The molecule has 0 unspecified atom stereocenters. The molecule has 0 heterocycles. The minimum Gasteiger partial charge on any atom is -0.416 e. The lowest BCUT2D eigenvalue weighted by Gasteiger charge is -2.27. The molecule has 0 spiro atoms. The highest BCUT2D eigenvalue weighted by Gasteiger charge is 2.29. The van der Waals surface area contributed by atoms with Gasteiger partial charge in [-0.05, 0) is 52.9 Å². The zero-order valence-corrected chi connectivity index (χ0v) is 24.1. The lowest BCUT2D eigenvalue weighted by atomic mass is 9.78. The molecule has 0 saturated carbocycles. The fourth-order valence-corrected chi connectivity index (χ4v) is 6.50. The van der Waals surface area contributed by atoms with Crippen LogP contribution >= 0.6 is 7.60 Å². The summed E-state index contributed by atoms with van der Waals surface area (Å²) in [6.45, 7) is 10.9. The Kier molecular flexibility index (Phi) is 8.48. The molecule has 0 N–H and O–H groups in total. The van der Waals surface area contributed by atoms with Crippen molar-refractivity contribution in [1.29, 1.82) is 0 Å². The monoisotopic (exact) mass is 526 g/mol. The number of hydrogen-bond acceptors (Lipinski definition) is 3. The topological polar surface area (TPSA) is 35.5 Å². The van der Waals surface area contributed by atoms with Crippen molar-refractivity contribution in [3.8, 4) is 11.5 Å². The van der Waals surface area contributed by atoms with Crippen molar-refractivity contribution in [3.05, 3.63) is 131 Å². The average molecular weight is 527 g/mol. The van der Waals surface area contributed by atoms with Crippen LogP contribution in [0.3, 0.4) is 0 Å². The van der Waals surface area contributed by atoms with Crippen molar-refractivity contribution >= 4 is 7.60 Å². The second kappa shape index (κ2) is 11.6. The number of benzene rings is 4. The van der Waals surface area contributed by atoms with Crippen molar-refractivity contribution in [2.75, 3.05) is 6.16 Å². The van der Waals surface area contributed by atoms with Gasteiger partial charge >= 0.3 is 7.60 Å². The Bertz CT molecular complexity index is 1240. The van der Waals surface area contributed by atoms with Crippen LogP contribution in [0.1, 0.15) is 69.7 Å². The molecule has 198 valence electrons. The molecule has 0 atom stereocenters. The predicted molar refractivity (Wildman–Crippen MR) is 159 cm³/mol. The minimum absolute atomic E-state index is 0.155. The highest BCUT2D eigenvalue weighted by atomic mass is 31.2. The Balaban J connectivity index is 1.51. The predicted octanol–water partition coefficient (Wildman–Crippen LogP) is 9.79. The van der Waals surface area contributed by atoms with Gasteiger partial charge in [0.15, 0.2) is 0 Å². The molecule has 0 fully saturated rings. The molecule has 38 heavy (non-hydrogen) atoms. The van der Waals surface area contributed by atoms with Gasteiger partial charge in [0.2, 0.25) is 0 Å². The summed E-state index contributed by atoms with van der Waals surface area (Å²) in [6.07, 6.45) is 2.03. The van der Waals surface area contributed by atoms with Crippen molar-refractivity contribution in [2.24, 2.45) is 0 Å². The summed E-state index contributed by atoms with van der Waals surface area (Å²) in [7, 11) is -3.41. The van der Waals surface area contributed by atoms with Gasteiger partial charge in [-0.15, -0.1) is 0 Å². The van der Waals surface area contributed by atoms with Crippen LogP contribution < -0.4 is 9.05 Å². The van der Waals surface area contributed by atoms with Gasteiger partial charge < -0.3 is 9.05 Å². The quantitative estimate of drug-likeness (QED) is 0.182. The third-order valence-electron chi connectivity index (χ3n) is 7.42. The summed E-state index contributed by atoms with van der Waals surface area (Å²) in [5, 5.41) is 0. The summed E-state index contributed by atoms with van der Waals surface area (Å²) >= 11 is 0. The molecule has 0 bridgehead atoms. The Morgan fingerprint density at radius 3 is 1.24 bits per heavy atom. The van der Waals surface area contributed by atoms with Gasteiger partial charge in [-0.25, -0.2) is 4.57 Å². The molecule has 0 radical (unpaired) electrons. The molecule has 3 nitrogen and oxygen atoms in total. The van der Waals surface area contributed by atoms with E-state index in [1.807, 2.05) is 60.7 Å². The van der Waals surface area contributed by atoms with E-state index in [-0.39, 0.29) is 10.8 Å². The van der Waals surface area contributed by atoms with Crippen LogP contribution in [0.25, 0.3) is 0 Å². The third kappa shape index (κ3) is 6.40. The standard InChI is InChI=1S/C34H39O3P/c1-6-7-26-38(35,36-31-22-18-29(19-23-31)33(2,3)27-14-10-8-11-15-27)37-32-24-20-30(21-25-32)34(4,5)28-16-12-9-13-17-28/h8-25H,6-7,26H2,1-5H3. The van der Waals surface area contributed by atoms with Gasteiger partial charge in [0, 0.05) is 10.8 Å². The van der Waals surface area contributed by atoms with Crippen LogP contribution in [0.15, 0.2) is 109 Å². The average Bonchev–Trinajstić information content (AvgIpc) is 2.93. The van der Waals surface area contributed by atoms with E-state index in [2.05, 4.69) is 83.1 Å². The Morgan fingerprint density at radius 1 is 0.553 bits per heavy atom. The van der Waals surface area contributed by atoms with Crippen LogP contribution in [-0.2, 0) is 15.4 Å². The van der Waals surface area contributed by atoms with E-state index >= 15 is 0 Å². The van der Waals surface area contributed by atoms with E-state index in [0.717, 1.165) is 24.0 Å². The summed E-state index contributed by atoms with van der Waals surface area (Å²) in [6, 6.07) is 36.7. The first-order valence-electron chi connectivity index (χ1n) is 13.4. The fourth-order valence-electron chi connectivity index (χ4n) is 4.69. The molecule has 4 heteroatoms.